The molecule has 0 saturated carbocycles. The largest absolute Gasteiger partial charge is 0.309 e. The van der Waals surface area contributed by atoms with Crippen molar-refractivity contribution in [3.8, 4) is 0 Å². The Morgan fingerprint density at radius 2 is 2.00 bits per heavy atom. The minimum absolute atomic E-state index is 0.395. The number of hydrogen-bond donors (Lipinski definition) is 1. The summed E-state index contributed by atoms with van der Waals surface area (Å²) in [5, 5.41) is 8.30. The van der Waals surface area contributed by atoms with E-state index in [9.17, 15) is 0 Å². The molecule has 0 amide bonds. The molecule has 0 aromatic carbocycles. The van der Waals surface area contributed by atoms with E-state index >= 15 is 0 Å². The van der Waals surface area contributed by atoms with E-state index in [1.165, 1.54) is 21.1 Å². The van der Waals surface area contributed by atoms with Gasteiger partial charge in [0.05, 0.1) is 5.69 Å². The molecule has 1 N–H and O–H groups in total. The Labute approximate surface area is 132 Å². The Bertz CT molecular complexity index is 556. The van der Waals surface area contributed by atoms with E-state index in [-0.39, 0.29) is 0 Å². The van der Waals surface area contributed by atoms with Crippen LogP contribution in [0.1, 0.15) is 54.9 Å². The summed E-state index contributed by atoms with van der Waals surface area (Å²) in [4.78, 5) is 2.90. The number of nitrogens with zero attached hydrogens (tertiary/aromatic N) is 2. The Balaban J connectivity index is 2.21. The molecule has 0 bridgehead atoms. The Morgan fingerprint density at radius 1 is 1.19 bits per heavy atom. The van der Waals surface area contributed by atoms with Crippen molar-refractivity contribution in [2.75, 3.05) is 6.54 Å². The molecule has 4 heteroatoms. The SMILES string of the molecule is CCNC(Cc1cc(CC)nn1CC)c1ccc(CC)s1. The summed E-state index contributed by atoms with van der Waals surface area (Å²) in [5.41, 5.74) is 2.54. The van der Waals surface area contributed by atoms with Crippen molar-refractivity contribution < 1.29 is 0 Å². The summed E-state index contributed by atoms with van der Waals surface area (Å²) in [6.07, 6.45) is 3.14. The lowest BCUT2D eigenvalue weighted by Crippen LogP contribution is -2.23. The van der Waals surface area contributed by atoms with Crippen molar-refractivity contribution in [2.24, 2.45) is 0 Å². The van der Waals surface area contributed by atoms with Gasteiger partial charge in [-0.3, -0.25) is 4.68 Å². The van der Waals surface area contributed by atoms with Crippen molar-refractivity contribution in [1.29, 1.82) is 0 Å². The first-order valence-electron chi connectivity index (χ1n) is 8.09. The second-order valence-corrected chi connectivity index (χ2v) is 6.47. The van der Waals surface area contributed by atoms with Crippen LogP contribution in [0.5, 0.6) is 0 Å². The first-order valence-corrected chi connectivity index (χ1v) is 8.90. The second kappa shape index (κ2) is 7.76. The molecular weight excluding hydrogens is 278 g/mol. The summed E-state index contributed by atoms with van der Waals surface area (Å²) in [6.45, 7) is 10.7. The lowest BCUT2D eigenvalue weighted by molar-refractivity contribution is 0.522. The summed E-state index contributed by atoms with van der Waals surface area (Å²) in [6, 6.07) is 7.21. The van der Waals surface area contributed by atoms with Gasteiger partial charge in [-0.05, 0) is 44.5 Å². The van der Waals surface area contributed by atoms with E-state index < -0.39 is 0 Å². The van der Waals surface area contributed by atoms with Gasteiger partial charge in [0.1, 0.15) is 0 Å². The third-order valence-electron chi connectivity index (χ3n) is 3.81. The van der Waals surface area contributed by atoms with Gasteiger partial charge in [-0.25, -0.2) is 0 Å². The molecule has 2 heterocycles. The van der Waals surface area contributed by atoms with Crippen LogP contribution in [0, 0.1) is 0 Å². The van der Waals surface area contributed by atoms with Crippen molar-refractivity contribution in [2.45, 2.75) is 59.5 Å². The molecule has 1 atom stereocenters. The van der Waals surface area contributed by atoms with Gasteiger partial charge in [0.25, 0.3) is 0 Å². The lowest BCUT2D eigenvalue weighted by atomic mass is 10.1. The van der Waals surface area contributed by atoms with Crippen LogP contribution in [-0.4, -0.2) is 16.3 Å². The predicted octanol–water partition coefficient (Wildman–Crippen LogP) is 3.98. The van der Waals surface area contributed by atoms with E-state index in [0.29, 0.717) is 6.04 Å². The van der Waals surface area contributed by atoms with Crippen molar-refractivity contribution >= 4 is 11.3 Å². The molecule has 2 aromatic heterocycles. The molecular formula is C17H27N3S. The van der Waals surface area contributed by atoms with E-state index in [2.05, 4.69) is 61.0 Å². The fourth-order valence-electron chi connectivity index (χ4n) is 2.63. The van der Waals surface area contributed by atoms with Gasteiger partial charge in [0, 0.05) is 34.5 Å². The van der Waals surface area contributed by atoms with E-state index in [4.69, 9.17) is 0 Å². The standard InChI is InChI=1S/C17H27N3S/c1-5-13-11-14(20(8-4)19-13)12-16(18-7-3)17-10-9-15(6-2)21-17/h9-11,16,18H,5-8,12H2,1-4H3. The summed E-state index contributed by atoms with van der Waals surface area (Å²) >= 11 is 1.93. The van der Waals surface area contributed by atoms with Crippen molar-refractivity contribution in [3.05, 3.63) is 39.3 Å². The number of thiophene rings is 1. The number of aryl methyl sites for hydroxylation is 3. The molecule has 2 rings (SSSR count). The van der Waals surface area contributed by atoms with Gasteiger partial charge in [-0.2, -0.15) is 5.10 Å². The maximum absolute atomic E-state index is 4.67. The number of likely N-dealkylation sites (N-methyl/N-ethyl adjacent to an activating group) is 1. The molecule has 2 aromatic rings. The smallest absolute Gasteiger partial charge is 0.0624 e. The zero-order valence-corrected chi connectivity index (χ0v) is 14.5. The fraction of sp³-hybridized carbons (Fsp3) is 0.588. The molecule has 0 fully saturated rings. The molecule has 0 saturated heterocycles. The highest BCUT2D eigenvalue weighted by Gasteiger charge is 2.16. The van der Waals surface area contributed by atoms with E-state index in [1.807, 2.05) is 11.3 Å². The fourth-order valence-corrected chi connectivity index (χ4v) is 3.65. The number of hydrogen-bond acceptors (Lipinski definition) is 3. The maximum Gasteiger partial charge on any atom is 0.0624 e. The highest BCUT2D eigenvalue weighted by atomic mass is 32.1. The Kier molecular flexibility index (Phi) is 6.00. The normalized spacial score (nSPS) is 12.8. The van der Waals surface area contributed by atoms with E-state index in [0.717, 1.165) is 32.4 Å². The molecule has 0 aliphatic carbocycles. The van der Waals surface area contributed by atoms with Crippen LogP contribution in [0.15, 0.2) is 18.2 Å². The molecule has 0 radical (unpaired) electrons. The highest BCUT2D eigenvalue weighted by molar-refractivity contribution is 7.12. The maximum atomic E-state index is 4.67. The Hall–Kier alpha value is -1.13. The molecule has 21 heavy (non-hydrogen) atoms. The van der Waals surface area contributed by atoms with Crippen LogP contribution < -0.4 is 5.32 Å². The lowest BCUT2D eigenvalue weighted by Gasteiger charge is -2.17. The van der Waals surface area contributed by atoms with Crippen LogP contribution in [-0.2, 0) is 25.8 Å². The van der Waals surface area contributed by atoms with Crippen LogP contribution >= 0.6 is 11.3 Å². The van der Waals surface area contributed by atoms with E-state index in [1.54, 1.807) is 0 Å². The van der Waals surface area contributed by atoms with Gasteiger partial charge in [-0.15, -0.1) is 11.3 Å². The molecule has 0 spiro atoms. The zero-order valence-electron chi connectivity index (χ0n) is 13.6. The topological polar surface area (TPSA) is 29.9 Å². The molecule has 3 nitrogen and oxygen atoms in total. The summed E-state index contributed by atoms with van der Waals surface area (Å²) in [7, 11) is 0. The molecule has 116 valence electrons. The minimum atomic E-state index is 0.395. The van der Waals surface area contributed by atoms with Gasteiger partial charge >= 0.3 is 0 Å². The van der Waals surface area contributed by atoms with Gasteiger partial charge in [0.15, 0.2) is 0 Å². The quantitative estimate of drug-likeness (QED) is 0.799. The monoisotopic (exact) mass is 305 g/mol. The van der Waals surface area contributed by atoms with Crippen LogP contribution in [0.25, 0.3) is 0 Å². The van der Waals surface area contributed by atoms with Gasteiger partial charge < -0.3 is 5.32 Å². The zero-order chi connectivity index (χ0) is 15.2. The summed E-state index contributed by atoms with van der Waals surface area (Å²) < 4.78 is 2.15. The molecule has 0 aliphatic rings. The first-order chi connectivity index (χ1) is 10.2. The highest BCUT2D eigenvalue weighted by Crippen LogP contribution is 2.27. The third-order valence-corrected chi connectivity index (χ3v) is 5.16. The Morgan fingerprint density at radius 3 is 2.57 bits per heavy atom. The van der Waals surface area contributed by atoms with Gasteiger partial charge in [-0.1, -0.05) is 20.8 Å². The van der Waals surface area contributed by atoms with Crippen molar-refractivity contribution in [1.82, 2.24) is 15.1 Å². The first kappa shape index (κ1) is 16.2. The average molecular weight is 305 g/mol. The summed E-state index contributed by atoms with van der Waals surface area (Å²) in [5.74, 6) is 0. The van der Waals surface area contributed by atoms with Crippen LogP contribution in [0.3, 0.4) is 0 Å². The molecule has 1 unspecified atom stereocenters. The predicted molar refractivity (Wildman–Crippen MR) is 91.1 cm³/mol. The number of rotatable bonds is 8. The average Bonchev–Trinajstić information content (AvgIpc) is 3.13. The minimum Gasteiger partial charge on any atom is -0.309 e. The van der Waals surface area contributed by atoms with Gasteiger partial charge in [0.2, 0.25) is 0 Å². The molecule has 0 aliphatic heterocycles. The number of aromatic nitrogens is 2. The van der Waals surface area contributed by atoms with Crippen LogP contribution in [0.4, 0.5) is 0 Å². The van der Waals surface area contributed by atoms with Crippen LogP contribution in [0.2, 0.25) is 0 Å². The van der Waals surface area contributed by atoms with Crippen molar-refractivity contribution in [3.63, 3.8) is 0 Å². The number of nitrogens with one attached hydrogen (secondary N) is 1. The second-order valence-electron chi connectivity index (χ2n) is 5.27. The third kappa shape index (κ3) is 3.95.